The van der Waals surface area contributed by atoms with E-state index in [1.807, 2.05) is 13.2 Å². The first-order chi connectivity index (χ1) is 14.8. The summed E-state index contributed by atoms with van der Waals surface area (Å²) in [7, 11) is 1.82. The molecule has 0 radical (unpaired) electrons. The van der Waals surface area contributed by atoms with Gasteiger partial charge in [-0.1, -0.05) is 12.8 Å². The maximum Gasteiger partial charge on any atom is 0.433 e. The number of likely N-dealkylation sites (tertiary alicyclic amines) is 1. The number of amides is 1. The third-order valence-corrected chi connectivity index (χ3v) is 6.08. The zero-order chi connectivity index (χ0) is 21.8. The number of carbonyl (C=O) groups is 1. The van der Waals surface area contributed by atoms with Crippen LogP contribution in [0, 0.1) is 0 Å². The molecular formula is C21H23F3N6O. The lowest BCUT2D eigenvalue weighted by Crippen LogP contribution is -2.35. The molecule has 31 heavy (non-hydrogen) atoms. The highest BCUT2D eigenvalue weighted by Crippen LogP contribution is 2.41. The minimum absolute atomic E-state index is 0.0123. The Kier molecular flexibility index (Phi) is 4.75. The zero-order valence-electron chi connectivity index (χ0n) is 17.1. The van der Waals surface area contributed by atoms with Crippen molar-refractivity contribution >= 4 is 11.6 Å². The smallest absolute Gasteiger partial charge is 0.330 e. The van der Waals surface area contributed by atoms with Crippen molar-refractivity contribution in [3.8, 4) is 0 Å². The Labute approximate surface area is 176 Å². The monoisotopic (exact) mass is 432 g/mol. The Morgan fingerprint density at radius 2 is 1.94 bits per heavy atom. The number of hydrogen-bond acceptors (Lipinski definition) is 4. The molecule has 1 unspecified atom stereocenters. The molecule has 7 nitrogen and oxygen atoms in total. The van der Waals surface area contributed by atoms with Gasteiger partial charge >= 0.3 is 6.18 Å². The summed E-state index contributed by atoms with van der Waals surface area (Å²) < 4.78 is 43.5. The van der Waals surface area contributed by atoms with Crippen LogP contribution in [0.1, 0.15) is 77.9 Å². The first kappa shape index (κ1) is 20.0. The van der Waals surface area contributed by atoms with Crippen LogP contribution >= 0.6 is 0 Å². The van der Waals surface area contributed by atoms with E-state index in [2.05, 4.69) is 15.2 Å². The van der Waals surface area contributed by atoms with Crippen LogP contribution in [0.3, 0.4) is 0 Å². The van der Waals surface area contributed by atoms with Crippen molar-refractivity contribution in [2.45, 2.75) is 56.7 Å². The van der Waals surface area contributed by atoms with E-state index < -0.39 is 11.9 Å². The summed E-state index contributed by atoms with van der Waals surface area (Å²) in [5.74, 6) is -0.317. The third kappa shape index (κ3) is 3.79. The molecule has 164 valence electrons. The predicted octanol–water partition coefficient (Wildman–Crippen LogP) is 4.12. The molecule has 2 aliphatic rings. The van der Waals surface area contributed by atoms with E-state index in [1.54, 1.807) is 15.8 Å². The largest absolute Gasteiger partial charge is 0.433 e. The zero-order valence-corrected chi connectivity index (χ0v) is 17.1. The quantitative estimate of drug-likeness (QED) is 0.625. The van der Waals surface area contributed by atoms with Crippen LogP contribution in [-0.4, -0.2) is 41.7 Å². The van der Waals surface area contributed by atoms with E-state index in [1.165, 1.54) is 6.07 Å². The van der Waals surface area contributed by atoms with E-state index in [0.29, 0.717) is 12.2 Å². The maximum atomic E-state index is 13.7. The van der Waals surface area contributed by atoms with Crippen molar-refractivity contribution in [3.05, 3.63) is 47.2 Å². The topological polar surface area (TPSA) is 68.3 Å². The van der Waals surface area contributed by atoms with Crippen LogP contribution in [0.4, 0.5) is 13.2 Å². The molecule has 1 saturated heterocycles. The van der Waals surface area contributed by atoms with Crippen LogP contribution < -0.4 is 0 Å². The number of carbonyl (C=O) groups excluding carboxylic acids is 1. The Bertz CT molecular complexity index is 1130. The number of fused-ring (bicyclic) bond motifs is 1. The SMILES string of the molecule is Cn1cc(C2CCCCCN2C(=O)c2cc3nc(C4CC4)cc(C(F)(F)F)n3n2)cn1. The molecule has 0 aromatic carbocycles. The molecule has 1 saturated carbocycles. The van der Waals surface area contributed by atoms with Gasteiger partial charge in [-0.25, -0.2) is 9.50 Å². The molecule has 3 aromatic heterocycles. The molecule has 0 bridgehead atoms. The average molecular weight is 432 g/mol. The van der Waals surface area contributed by atoms with Crippen molar-refractivity contribution in [1.82, 2.24) is 29.3 Å². The minimum atomic E-state index is -4.59. The molecule has 5 rings (SSSR count). The highest BCUT2D eigenvalue weighted by molar-refractivity contribution is 5.93. The highest BCUT2D eigenvalue weighted by atomic mass is 19.4. The number of hydrogen-bond donors (Lipinski definition) is 0. The summed E-state index contributed by atoms with van der Waals surface area (Å²) in [4.78, 5) is 19.5. The number of alkyl halides is 3. The molecule has 2 fully saturated rings. The first-order valence-corrected chi connectivity index (χ1v) is 10.6. The third-order valence-electron chi connectivity index (χ3n) is 6.08. The fourth-order valence-corrected chi connectivity index (χ4v) is 4.35. The molecule has 1 atom stereocenters. The van der Waals surface area contributed by atoms with Gasteiger partial charge in [0, 0.05) is 43.0 Å². The van der Waals surface area contributed by atoms with Crippen molar-refractivity contribution in [2.75, 3.05) is 6.54 Å². The lowest BCUT2D eigenvalue weighted by molar-refractivity contribution is -0.142. The summed E-state index contributed by atoms with van der Waals surface area (Å²) >= 11 is 0. The van der Waals surface area contributed by atoms with E-state index in [4.69, 9.17) is 0 Å². The summed E-state index contributed by atoms with van der Waals surface area (Å²) in [6, 6.07) is 2.27. The first-order valence-electron chi connectivity index (χ1n) is 10.6. The number of rotatable bonds is 3. The van der Waals surface area contributed by atoms with Crippen molar-refractivity contribution in [3.63, 3.8) is 0 Å². The Hall–Kier alpha value is -2.91. The summed E-state index contributed by atoms with van der Waals surface area (Å²) in [6.45, 7) is 0.527. The highest BCUT2D eigenvalue weighted by Gasteiger charge is 2.38. The van der Waals surface area contributed by atoms with E-state index in [0.717, 1.165) is 54.7 Å². The second-order valence-electron chi connectivity index (χ2n) is 8.45. The molecule has 1 amide bonds. The van der Waals surface area contributed by atoms with Crippen molar-refractivity contribution < 1.29 is 18.0 Å². The molecule has 4 heterocycles. The Morgan fingerprint density at radius 1 is 1.13 bits per heavy atom. The number of nitrogens with zero attached hydrogens (tertiary/aromatic N) is 6. The molecule has 3 aromatic rings. The number of aromatic nitrogens is 5. The van der Waals surface area contributed by atoms with E-state index in [9.17, 15) is 18.0 Å². The van der Waals surface area contributed by atoms with Gasteiger partial charge in [0.25, 0.3) is 5.91 Å². The number of halogens is 3. The number of aryl methyl sites for hydroxylation is 1. The summed E-state index contributed by atoms with van der Waals surface area (Å²) in [5.41, 5.74) is 0.501. The summed E-state index contributed by atoms with van der Waals surface area (Å²) in [5, 5.41) is 8.28. The van der Waals surface area contributed by atoms with Crippen LogP contribution in [0.25, 0.3) is 5.65 Å². The Morgan fingerprint density at radius 3 is 2.61 bits per heavy atom. The van der Waals surface area contributed by atoms with Crippen LogP contribution in [0.2, 0.25) is 0 Å². The van der Waals surface area contributed by atoms with E-state index >= 15 is 0 Å². The standard InChI is InChI=1S/C21H23F3N6O/c1-28-12-14(11-25-28)17-5-3-2-4-8-29(17)20(31)16-10-19-26-15(13-6-7-13)9-18(21(22,23)24)30(19)27-16/h9-13,17H,2-8H2,1H3. The molecule has 0 N–H and O–H groups in total. The van der Waals surface area contributed by atoms with Gasteiger partial charge in [-0.3, -0.25) is 9.48 Å². The fraction of sp³-hybridized carbons (Fsp3) is 0.524. The van der Waals surface area contributed by atoms with E-state index in [-0.39, 0.29) is 29.2 Å². The van der Waals surface area contributed by atoms with Gasteiger partial charge in [0.05, 0.1) is 12.2 Å². The van der Waals surface area contributed by atoms with Gasteiger partial charge in [0.15, 0.2) is 11.3 Å². The lowest BCUT2D eigenvalue weighted by Gasteiger charge is -2.28. The van der Waals surface area contributed by atoms with Crippen LogP contribution in [0.5, 0.6) is 0 Å². The second-order valence-corrected chi connectivity index (χ2v) is 8.45. The molecular weight excluding hydrogens is 409 g/mol. The molecule has 1 aliphatic carbocycles. The molecule has 0 spiro atoms. The molecule has 10 heteroatoms. The van der Waals surface area contributed by atoms with Crippen LogP contribution in [0.15, 0.2) is 24.5 Å². The van der Waals surface area contributed by atoms with Crippen LogP contribution in [-0.2, 0) is 13.2 Å². The fourth-order valence-electron chi connectivity index (χ4n) is 4.35. The predicted molar refractivity (Wildman–Crippen MR) is 105 cm³/mol. The van der Waals surface area contributed by atoms with Gasteiger partial charge in [0.2, 0.25) is 0 Å². The van der Waals surface area contributed by atoms with Gasteiger partial charge in [-0.15, -0.1) is 0 Å². The maximum absolute atomic E-state index is 13.7. The average Bonchev–Trinajstić information content (AvgIpc) is 3.42. The normalized spacial score (nSPS) is 20.3. The minimum Gasteiger partial charge on any atom is -0.330 e. The van der Waals surface area contributed by atoms with Gasteiger partial charge in [-0.2, -0.15) is 23.4 Å². The van der Waals surface area contributed by atoms with Crippen molar-refractivity contribution in [2.24, 2.45) is 7.05 Å². The second kappa shape index (κ2) is 7.35. The summed E-state index contributed by atoms with van der Waals surface area (Å²) in [6.07, 6.45) is 4.29. The lowest BCUT2D eigenvalue weighted by atomic mass is 10.0. The van der Waals surface area contributed by atoms with Gasteiger partial charge in [0.1, 0.15) is 5.69 Å². The van der Waals surface area contributed by atoms with Crippen molar-refractivity contribution in [1.29, 1.82) is 0 Å². The Balaban J connectivity index is 1.55. The van der Waals surface area contributed by atoms with Gasteiger partial charge in [-0.05, 0) is 31.7 Å². The molecule has 1 aliphatic heterocycles. The van der Waals surface area contributed by atoms with Gasteiger partial charge < -0.3 is 4.90 Å².